The lowest BCUT2D eigenvalue weighted by atomic mass is 10.0. The van der Waals surface area contributed by atoms with Crippen molar-refractivity contribution < 1.29 is 17.9 Å². The van der Waals surface area contributed by atoms with E-state index in [9.17, 15) is 13.2 Å². The molecular weight excluding hydrogens is 349 g/mol. The molecule has 4 heteroatoms. The Balaban J connectivity index is 1.81. The summed E-state index contributed by atoms with van der Waals surface area (Å²) in [6.07, 6.45) is 3.70. The number of hydrogen-bond donors (Lipinski definition) is 0. The topological polar surface area (TPSA) is 9.23 Å². The van der Waals surface area contributed by atoms with Crippen LogP contribution in [0.1, 0.15) is 23.6 Å². The predicted molar refractivity (Wildman–Crippen MR) is 103 cm³/mol. The Bertz CT molecular complexity index is 976. The maximum absolute atomic E-state index is 14.1. The second-order valence-corrected chi connectivity index (χ2v) is 6.10. The third-order valence-corrected chi connectivity index (χ3v) is 4.42. The van der Waals surface area contributed by atoms with Crippen LogP contribution in [0, 0.1) is 17.5 Å². The van der Waals surface area contributed by atoms with Gasteiger partial charge in [-0.15, -0.1) is 0 Å². The molecule has 0 aromatic heterocycles. The van der Waals surface area contributed by atoms with Gasteiger partial charge < -0.3 is 4.74 Å². The lowest BCUT2D eigenvalue weighted by Crippen LogP contribution is -1.95. The average Bonchev–Trinajstić information content (AvgIpc) is 2.69. The van der Waals surface area contributed by atoms with Crippen molar-refractivity contribution in [1.82, 2.24) is 0 Å². The van der Waals surface area contributed by atoms with E-state index in [0.29, 0.717) is 12.0 Å². The van der Waals surface area contributed by atoms with Gasteiger partial charge in [-0.1, -0.05) is 61.5 Å². The molecule has 3 rings (SSSR count). The summed E-state index contributed by atoms with van der Waals surface area (Å²) in [6.45, 7) is 1.78. The second-order valence-electron chi connectivity index (χ2n) is 6.10. The standard InChI is InChI=1S/C23H19F3O/c1-3-16-10-11-18(23(26)22(16)25)9-6-15-4-7-17(8-5-15)19-12-13-21(27-2)20(24)14-19/h4-14H,3H2,1-2H3. The largest absolute Gasteiger partial charge is 0.494 e. The second kappa shape index (κ2) is 8.12. The summed E-state index contributed by atoms with van der Waals surface area (Å²) in [7, 11) is 1.42. The molecule has 3 aromatic carbocycles. The Kier molecular flexibility index (Phi) is 5.65. The Morgan fingerprint density at radius 1 is 0.815 bits per heavy atom. The van der Waals surface area contributed by atoms with Crippen molar-refractivity contribution in [1.29, 1.82) is 0 Å². The van der Waals surface area contributed by atoms with Gasteiger partial charge in [-0.25, -0.2) is 13.2 Å². The first-order valence-electron chi connectivity index (χ1n) is 8.62. The summed E-state index contributed by atoms with van der Waals surface area (Å²) in [5.74, 6) is -1.86. The molecule has 138 valence electrons. The number of rotatable bonds is 5. The van der Waals surface area contributed by atoms with Crippen molar-refractivity contribution in [3.05, 3.63) is 88.7 Å². The van der Waals surface area contributed by atoms with E-state index in [1.165, 1.54) is 13.2 Å². The van der Waals surface area contributed by atoms with Gasteiger partial charge >= 0.3 is 0 Å². The van der Waals surface area contributed by atoms with E-state index in [0.717, 1.165) is 16.7 Å². The summed E-state index contributed by atoms with van der Waals surface area (Å²) in [5.41, 5.74) is 2.96. The van der Waals surface area contributed by atoms with Gasteiger partial charge in [-0.05, 0) is 40.8 Å². The highest BCUT2D eigenvalue weighted by atomic mass is 19.2. The van der Waals surface area contributed by atoms with E-state index in [1.807, 2.05) is 24.3 Å². The molecule has 0 N–H and O–H groups in total. The smallest absolute Gasteiger partial charge is 0.166 e. The van der Waals surface area contributed by atoms with E-state index in [-0.39, 0.29) is 11.3 Å². The summed E-state index contributed by atoms with van der Waals surface area (Å²) in [5, 5.41) is 0. The zero-order chi connectivity index (χ0) is 19.4. The molecule has 0 saturated heterocycles. The zero-order valence-corrected chi connectivity index (χ0v) is 15.1. The fraction of sp³-hybridized carbons (Fsp3) is 0.130. The van der Waals surface area contributed by atoms with E-state index in [4.69, 9.17) is 4.74 Å². The van der Waals surface area contributed by atoms with E-state index < -0.39 is 17.5 Å². The fourth-order valence-corrected chi connectivity index (χ4v) is 2.82. The van der Waals surface area contributed by atoms with Crippen LogP contribution in [0.25, 0.3) is 23.3 Å². The molecule has 0 spiro atoms. The fourth-order valence-electron chi connectivity index (χ4n) is 2.82. The molecule has 0 radical (unpaired) electrons. The molecular formula is C23H19F3O. The van der Waals surface area contributed by atoms with Crippen molar-refractivity contribution >= 4 is 12.2 Å². The van der Waals surface area contributed by atoms with Crippen LogP contribution < -0.4 is 4.74 Å². The normalized spacial score (nSPS) is 11.1. The highest BCUT2D eigenvalue weighted by Crippen LogP contribution is 2.26. The van der Waals surface area contributed by atoms with Crippen molar-refractivity contribution in [2.45, 2.75) is 13.3 Å². The number of aryl methyl sites for hydroxylation is 1. The molecule has 0 aliphatic carbocycles. The minimum Gasteiger partial charge on any atom is -0.494 e. The number of halogens is 3. The molecule has 0 aliphatic heterocycles. The minimum atomic E-state index is -0.837. The number of hydrogen-bond acceptors (Lipinski definition) is 1. The van der Waals surface area contributed by atoms with Crippen molar-refractivity contribution in [3.63, 3.8) is 0 Å². The maximum Gasteiger partial charge on any atom is 0.166 e. The molecule has 1 nitrogen and oxygen atoms in total. The molecule has 27 heavy (non-hydrogen) atoms. The van der Waals surface area contributed by atoms with Crippen molar-refractivity contribution in [2.75, 3.05) is 7.11 Å². The predicted octanol–water partition coefficient (Wildman–Crippen LogP) is 6.51. The summed E-state index contributed by atoms with van der Waals surface area (Å²) in [4.78, 5) is 0. The van der Waals surface area contributed by atoms with Crippen LogP contribution in [0.2, 0.25) is 0 Å². The lowest BCUT2D eigenvalue weighted by Gasteiger charge is -2.06. The van der Waals surface area contributed by atoms with Gasteiger partial charge in [0, 0.05) is 5.56 Å². The molecule has 0 fully saturated rings. The monoisotopic (exact) mass is 368 g/mol. The van der Waals surface area contributed by atoms with Crippen LogP contribution in [-0.4, -0.2) is 7.11 Å². The molecule has 0 saturated carbocycles. The van der Waals surface area contributed by atoms with E-state index in [2.05, 4.69) is 0 Å². The Labute approximate surface area is 156 Å². The van der Waals surface area contributed by atoms with Crippen LogP contribution in [0.15, 0.2) is 54.6 Å². The van der Waals surface area contributed by atoms with Gasteiger partial charge in [-0.3, -0.25) is 0 Å². The van der Waals surface area contributed by atoms with Crippen LogP contribution in [0.4, 0.5) is 13.2 Å². The third kappa shape index (κ3) is 4.05. The molecule has 0 atom stereocenters. The summed E-state index contributed by atoms with van der Waals surface area (Å²) >= 11 is 0. The molecule has 3 aromatic rings. The Morgan fingerprint density at radius 3 is 2.15 bits per heavy atom. The highest BCUT2D eigenvalue weighted by molar-refractivity contribution is 5.72. The SMILES string of the molecule is CCc1ccc(C=Cc2ccc(-c3ccc(OC)c(F)c3)cc2)c(F)c1F. The van der Waals surface area contributed by atoms with Crippen LogP contribution in [-0.2, 0) is 6.42 Å². The number of ether oxygens (including phenoxy) is 1. The first-order chi connectivity index (χ1) is 13.0. The lowest BCUT2D eigenvalue weighted by molar-refractivity contribution is 0.386. The van der Waals surface area contributed by atoms with E-state index in [1.54, 1.807) is 43.3 Å². The van der Waals surface area contributed by atoms with E-state index >= 15 is 0 Å². The molecule has 0 bridgehead atoms. The first-order valence-corrected chi connectivity index (χ1v) is 8.62. The summed E-state index contributed by atoms with van der Waals surface area (Å²) < 4.78 is 46.7. The van der Waals surface area contributed by atoms with Crippen LogP contribution in [0.5, 0.6) is 5.75 Å². The van der Waals surface area contributed by atoms with Crippen LogP contribution in [0.3, 0.4) is 0 Å². The molecule has 0 unspecified atom stereocenters. The molecule has 0 heterocycles. The van der Waals surface area contributed by atoms with Gasteiger partial charge in [0.1, 0.15) is 0 Å². The Morgan fingerprint density at radius 2 is 1.52 bits per heavy atom. The molecule has 0 amide bonds. The van der Waals surface area contributed by atoms with Crippen molar-refractivity contribution in [3.8, 4) is 16.9 Å². The third-order valence-electron chi connectivity index (χ3n) is 4.42. The minimum absolute atomic E-state index is 0.196. The molecule has 0 aliphatic rings. The zero-order valence-electron chi connectivity index (χ0n) is 15.1. The Hall–Kier alpha value is -3.01. The van der Waals surface area contributed by atoms with Crippen molar-refractivity contribution in [2.24, 2.45) is 0 Å². The first kappa shape index (κ1) is 18.8. The van der Waals surface area contributed by atoms with Gasteiger partial charge in [0.05, 0.1) is 7.11 Å². The van der Waals surface area contributed by atoms with Gasteiger partial charge in [0.15, 0.2) is 23.2 Å². The maximum atomic E-state index is 14.1. The highest BCUT2D eigenvalue weighted by Gasteiger charge is 2.10. The van der Waals surface area contributed by atoms with Crippen LogP contribution >= 0.6 is 0 Å². The van der Waals surface area contributed by atoms with Gasteiger partial charge in [0.25, 0.3) is 0 Å². The number of methoxy groups -OCH3 is 1. The van der Waals surface area contributed by atoms with Gasteiger partial charge in [0.2, 0.25) is 0 Å². The van der Waals surface area contributed by atoms with Gasteiger partial charge in [-0.2, -0.15) is 0 Å². The quantitative estimate of drug-likeness (QED) is 0.466. The average molecular weight is 368 g/mol. The summed E-state index contributed by atoms with van der Waals surface area (Å²) in [6, 6.07) is 15.3. The number of benzene rings is 3.